The molecule has 0 spiro atoms. The zero-order valence-electron chi connectivity index (χ0n) is 9.85. The van der Waals surface area contributed by atoms with Crippen LogP contribution in [0.15, 0.2) is 24.3 Å². The smallest absolute Gasteiger partial charge is 0.312 e. The minimum atomic E-state index is -0.148. The van der Waals surface area contributed by atoms with Crippen LogP contribution in [-0.2, 0) is 9.53 Å². The van der Waals surface area contributed by atoms with Crippen molar-refractivity contribution in [2.24, 2.45) is 5.92 Å². The van der Waals surface area contributed by atoms with Crippen LogP contribution < -0.4 is 9.47 Å². The van der Waals surface area contributed by atoms with E-state index < -0.39 is 0 Å². The maximum atomic E-state index is 11.4. The molecule has 4 heteroatoms. The largest absolute Gasteiger partial charge is 0.497 e. The molecule has 17 heavy (non-hydrogen) atoms. The average molecular weight is 236 g/mol. The van der Waals surface area contributed by atoms with Crippen molar-refractivity contribution in [1.29, 1.82) is 0 Å². The number of cyclic esters (lactones) is 1. The Balaban J connectivity index is 1.86. The minimum Gasteiger partial charge on any atom is -0.497 e. The summed E-state index contributed by atoms with van der Waals surface area (Å²) in [6, 6.07) is 7.31. The van der Waals surface area contributed by atoms with Crippen LogP contribution in [0.5, 0.6) is 11.5 Å². The molecule has 0 N–H and O–H groups in total. The van der Waals surface area contributed by atoms with E-state index in [2.05, 4.69) is 0 Å². The van der Waals surface area contributed by atoms with Gasteiger partial charge in [0.25, 0.3) is 0 Å². The van der Waals surface area contributed by atoms with E-state index in [1.54, 1.807) is 7.11 Å². The second-order valence-electron chi connectivity index (χ2n) is 3.99. The van der Waals surface area contributed by atoms with Gasteiger partial charge in [-0.05, 0) is 37.1 Å². The SMILES string of the molecule is COc1ccc(OCC2CCCOC2=O)cc1. The molecule has 0 aromatic heterocycles. The highest BCUT2D eigenvalue weighted by atomic mass is 16.5. The van der Waals surface area contributed by atoms with Gasteiger partial charge in [-0.3, -0.25) is 4.79 Å². The number of rotatable bonds is 4. The number of carbonyl (C=O) groups excluding carboxylic acids is 1. The molecular formula is C13H16O4. The van der Waals surface area contributed by atoms with Crippen LogP contribution in [0.2, 0.25) is 0 Å². The monoisotopic (exact) mass is 236 g/mol. The third-order valence-corrected chi connectivity index (χ3v) is 2.79. The lowest BCUT2D eigenvalue weighted by Crippen LogP contribution is -2.28. The van der Waals surface area contributed by atoms with Crippen molar-refractivity contribution in [1.82, 2.24) is 0 Å². The van der Waals surface area contributed by atoms with E-state index >= 15 is 0 Å². The van der Waals surface area contributed by atoms with Gasteiger partial charge in [0.15, 0.2) is 0 Å². The van der Waals surface area contributed by atoms with Crippen molar-refractivity contribution in [2.75, 3.05) is 20.3 Å². The molecule has 1 aromatic rings. The maximum Gasteiger partial charge on any atom is 0.312 e. The standard InChI is InChI=1S/C13H16O4/c1-15-11-4-6-12(7-5-11)17-9-10-3-2-8-16-13(10)14/h4-7,10H,2-3,8-9H2,1H3. The summed E-state index contributed by atoms with van der Waals surface area (Å²) in [4.78, 5) is 11.4. The van der Waals surface area contributed by atoms with Crippen LogP contribution in [0.1, 0.15) is 12.8 Å². The lowest BCUT2D eigenvalue weighted by atomic mass is 10.0. The van der Waals surface area contributed by atoms with Gasteiger partial charge in [0.05, 0.1) is 19.6 Å². The Morgan fingerprint density at radius 3 is 2.65 bits per heavy atom. The number of ether oxygens (including phenoxy) is 3. The molecule has 2 rings (SSSR count). The Kier molecular flexibility index (Phi) is 3.85. The van der Waals surface area contributed by atoms with Gasteiger partial charge in [0, 0.05) is 0 Å². The van der Waals surface area contributed by atoms with E-state index in [0.717, 1.165) is 24.3 Å². The molecule has 0 amide bonds. The molecule has 0 saturated carbocycles. The molecule has 1 aliphatic heterocycles. The fourth-order valence-corrected chi connectivity index (χ4v) is 1.76. The van der Waals surface area contributed by atoms with E-state index in [9.17, 15) is 4.79 Å². The summed E-state index contributed by atoms with van der Waals surface area (Å²) in [5.41, 5.74) is 0. The molecule has 1 heterocycles. The molecule has 0 radical (unpaired) electrons. The van der Waals surface area contributed by atoms with Gasteiger partial charge in [-0.15, -0.1) is 0 Å². The summed E-state index contributed by atoms with van der Waals surface area (Å²) in [6.07, 6.45) is 1.76. The van der Waals surface area contributed by atoms with Gasteiger partial charge in [0.1, 0.15) is 18.1 Å². The molecule has 1 unspecified atom stereocenters. The van der Waals surface area contributed by atoms with Crippen LogP contribution in [0.4, 0.5) is 0 Å². The highest BCUT2D eigenvalue weighted by Gasteiger charge is 2.24. The normalized spacial score (nSPS) is 19.6. The Morgan fingerprint density at radius 2 is 2.00 bits per heavy atom. The number of esters is 1. The van der Waals surface area contributed by atoms with Gasteiger partial charge in [0.2, 0.25) is 0 Å². The first kappa shape index (κ1) is 11.8. The molecule has 92 valence electrons. The third-order valence-electron chi connectivity index (χ3n) is 2.79. The zero-order chi connectivity index (χ0) is 12.1. The fraction of sp³-hybridized carbons (Fsp3) is 0.462. The molecule has 1 fully saturated rings. The third kappa shape index (κ3) is 3.12. The summed E-state index contributed by atoms with van der Waals surface area (Å²) in [6.45, 7) is 0.920. The number of hydrogen-bond acceptors (Lipinski definition) is 4. The van der Waals surface area contributed by atoms with Crippen molar-refractivity contribution in [3.05, 3.63) is 24.3 Å². The van der Waals surface area contributed by atoms with Gasteiger partial charge in [-0.1, -0.05) is 0 Å². The Morgan fingerprint density at radius 1 is 1.29 bits per heavy atom. The van der Waals surface area contributed by atoms with E-state index in [4.69, 9.17) is 14.2 Å². The molecule has 1 aliphatic rings. The highest BCUT2D eigenvalue weighted by molar-refractivity contribution is 5.73. The lowest BCUT2D eigenvalue weighted by molar-refractivity contribution is -0.154. The molecular weight excluding hydrogens is 220 g/mol. The molecule has 1 atom stereocenters. The summed E-state index contributed by atoms with van der Waals surface area (Å²) >= 11 is 0. The van der Waals surface area contributed by atoms with E-state index in [-0.39, 0.29) is 11.9 Å². The summed E-state index contributed by atoms with van der Waals surface area (Å²) < 4.78 is 15.6. The number of hydrogen-bond donors (Lipinski definition) is 0. The molecule has 1 saturated heterocycles. The quantitative estimate of drug-likeness (QED) is 0.750. The predicted octanol–water partition coefficient (Wildman–Crippen LogP) is 2.03. The topological polar surface area (TPSA) is 44.8 Å². The Hall–Kier alpha value is -1.71. The van der Waals surface area contributed by atoms with E-state index in [1.165, 1.54) is 0 Å². The predicted molar refractivity (Wildman–Crippen MR) is 62.2 cm³/mol. The zero-order valence-corrected chi connectivity index (χ0v) is 9.85. The second kappa shape index (κ2) is 5.57. The summed E-state index contributed by atoms with van der Waals surface area (Å²) in [7, 11) is 1.62. The fourth-order valence-electron chi connectivity index (χ4n) is 1.76. The van der Waals surface area contributed by atoms with E-state index in [1.807, 2.05) is 24.3 Å². The molecule has 1 aromatic carbocycles. The van der Waals surface area contributed by atoms with Gasteiger partial charge >= 0.3 is 5.97 Å². The molecule has 0 bridgehead atoms. The molecule has 4 nitrogen and oxygen atoms in total. The van der Waals surface area contributed by atoms with Crippen LogP contribution in [0.25, 0.3) is 0 Å². The average Bonchev–Trinajstić information content (AvgIpc) is 2.38. The summed E-state index contributed by atoms with van der Waals surface area (Å²) in [5.74, 6) is 1.24. The first-order valence-corrected chi connectivity index (χ1v) is 5.73. The maximum absolute atomic E-state index is 11.4. The van der Waals surface area contributed by atoms with Crippen molar-refractivity contribution in [2.45, 2.75) is 12.8 Å². The van der Waals surface area contributed by atoms with Gasteiger partial charge < -0.3 is 14.2 Å². The molecule has 0 aliphatic carbocycles. The van der Waals surface area contributed by atoms with E-state index in [0.29, 0.717) is 13.2 Å². The van der Waals surface area contributed by atoms with Crippen molar-refractivity contribution >= 4 is 5.97 Å². The lowest BCUT2D eigenvalue weighted by Gasteiger charge is -2.20. The van der Waals surface area contributed by atoms with Crippen LogP contribution >= 0.6 is 0 Å². The summed E-state index contributed by atoms with van der Waals surface area (Å²) in [5, 5.41) is 0. The van der Waals surface area contributed by atoms with Gasteiger partial charge in [-0.2, -0.15) is 0 Å². The van der Waals surface area contributed by atoms with Crippen molar-refractivity contribution in [3.8, 4) is 11.5 Å². The van der Waals surface area contributed by atoms with Crippen LogP contribution in [0, 0.1) is 5.92 Å². The Labute approximate surface area is 100 Å². The first-order chi connectivity index (χ1) is 8.29. The minimum absolute atomic E-state index is 0.133. The first-order valence-electron chi connectivity index (χ1n) is 5.73. The number of benzene rings is 1. The van der Waals surface area contributed by atoms with Crippen molar-refractivity contribution in [3.63, 3.8) is 0 Å². The highest BCUT2D eigenvalue weighted by Crippen LogP contribution is 2.20. The Bertz CT molecular complexity index is 372. The second-order valence-corrected chi connectivity index (χ2v) is 3.99. The van der Waals surface area contributed by atoms with Crippen LogP contribution in [-0.4, -0.2) is 26.3 Å². The van der Waals surface area contributed by atoms with Gasteiger partial charge in [-0.25, -0.2) is 0 Å². The number of carbonyl (C=O) groups is 1. The number of methoxy groups -OCH3 is 1. The van der Waals surface area contributed by atoms with Crippen molar-refractivity contribution < 1.29 is 19.0 Å². The van der Waals surface area contributed by atoms with Crippen LogP contribution in [0.3, 0.4) is 0 Å².